The molecule has 0 aliphatic heterocycles. The minimum atomic E-state index is 0.862. The van der Waals surface area contributed by atoms with Crippen molar-refractivity contribution in [2.24, 2.45) is 14.1 Å². The number of hydrogen-bond acceptors (Lipinski definition) is 2. The molecule has 1 aromatic carbocycles. The zero-order chi connectivity index (χ0) is 16.3. The average molecular weight is 316 g/mol. The number of thiol groups is 1. The molecule has 0 bridgehead atoms. The van der Waals surface area contributed by atoms with Crippen LogP contribution in [0.25, 0.3) is 12.2 Å². The first-order chi connectivity index (χ1) is 10.5. The molecule has 0 spiro atoms. The summed E-state index contributed by atoms with van der Waals surface area (Å²) in [6.45, 7) is 5.26. The van der Waals surface area contributed by atoms with E-state index in [1.807, 2.05) is 0 Å². The Morgan fingerprint density at radius 2 is 1.82 bits per heavy atom. The molecular formula is C18H26N3S+. The van der Waals surface area contributed by atoms with Gasteiger partial charge in [-0.15, -0.1) is 0 Å². The van der Waals surface area contributed by atoms with Gasteiger partial charge in [-0.2, -0.15) is 12.6 Å². The summed E-state index contributed by atoms with van der Waals surface area (Å²) in [6, 6.07) is 8.63. The van der Waals surface area contributed by atoms with Crippen molar-refractivity contribution in [1.29, 1.82) is 0 Å². The van der Waals surface area contributed by atoms with Gasteiger partial charge < -0.3 is 4.90 Å². The van der Waals surface area contributed by atoms with E-state index in [-0.39, 0.29) is 0 Å². The summed E-state index contributed by atoms with van der Waals surface area (Å²) in [5, 5.41) is 0. The molecule has 0 atom stereocenters. The fourth-order valence-electron chi connectivity index (χ4n) is 2.57. The van der Waals surface area contributed by atoms with Crippen LogP contribution in [0.2, 0.25) is 0 Å². The first kappa shape index (κ1) is 16.7. The van der Waals surface area contributed by atoms with Gasteiger partial charge in [0, 0.05) is 45.0 Å². The van der Waals surface area contributed by atoms with Crippen LogP contribution < -0.4 is 9.47 Å². The second-order valence-electron chi connectivity index (χ2n) is 5.72. The number of rotatable bonds is 5. The summed E-state index contributed by atoms with van der Waals surface area (Å²) in [7, 11) is 6.31. The summed E-state index contributed by atoms with van der Waals surface area (Å²) < 4.78 is 4.45. The molecule has 0 aliphatic rings. The van der Waals surface area contributed by atoms with E-state index in [2.05, 4.69) is 98.1 Å². The molecule has 0 amide bonds. The van der Waals surface area contributed by atoms with E-state index >= 15 is 0 Å². The van der Waals surface area contributed by atoms with Crippen molar-refractivity contribution in [2.75, 3.05) is 24.2 Å². The zero-order valence-electron chi connectivity index (χ0n) is 14.2. The van der Waals surface area contributed by atoms with Crippen molar-refractivity contribution < 1.29 is 4.57 Å². The largest absolute Gasteiger partial charge is 0.374 e. The molecule has 0 fully saturated rings. The van der Waals surface area contributed by atoms with Crippen molar-refractivity contribution in [3.8, 4) is 0 Å². The Hall–Kier alpha value is -1.68. The van der Waals surface area contributed by atoms with Crippen LogP contribution >= 0.6 is 12.6 Å². The molecule has 4 heteroatoms. The Morgan fingerprint density at radius 3 is 2.32 bits per heavy atom. The van der Waals surface area contributed by atoms with Crippen LogP contribution in [0.15, 0.2) is 24.3 Å². The average Bonchev–Trinajstić information content (AvgIpc) is 2.70. The molecule has 0 radical (unpaired) electrons. The van der Waals surface area contributed by atoms with Crippen molar-refractivity contribution in [2.45, 2.75) is 13.8 Å². The monoisotopic (exact) mass is 316 g/mol. The predicted octanol–water partition coefficient (Wildman–Crippen LogP) is 3.00. The highest BCUT2D eigenvalue weighted by Crippen LogP contribution is 2.16. The lowest BCUT2D eigenvalue weighted by Gasteiger charge is -2.17. The minimum Gasteiger partial charge on any atom is -0.374 e. The first-order valence-electron chi connectivity index (χ1n) is 7.57. The van der Waals surface area contributed by atoms with Crippen LogP contribution in [0.4, 0.5) is 5.69 Å². The molecular weight excluding hydrogens is 290 g/mol. The summed E-state index contributed by atoms with van der Waals surface area (Å²) in [5.74, 6) is 2.06. The number of hydrogen-bond donors (Lipinski definition) is 1. The van der Waals surface area contributed by atoms with E-state index in [0.29, 0.717) is 0 Å². The highest BCUT2D eigenvalue weighted by atomic mass is 32.1. The number of anilines is 1. The summed E-state index contributed by atoms with van der Waals surface area (Å²) in [4.78, 5) is 2.21. The molecule has 0 unspecified atom stereocenters. The van der Waals surface area contributed by atoms with Crippen LogP contribution in [0, 0.1) is 13.8 Å². The summed E-state index contributed by atoms with van der Waals surface area (Å²) in [6.07, 6.45) is 4.34. The van der Waals surface area contributed by atoms with E-state index in [0.717, 1.165) is 12.3 Å². The van der Waals surface area contributed by atoms with Gasteiger partial charge in [0.25, 0.3) is 5.82 Å². The molecule has 0 aliphatic carbocycles. The molecule has 0 N–H and O–H groups in total. The van der Waals surface area contributed by atoms with Gasteiger partial charge in [-0.1, -0.05) is 12.1 Å². The Labute approximate surface area is 139 Å². The second kappa shape index (κ2) is 7.05. The molecule has 22 heavy (non-hydrogen) atoms. The van der Waals surface area contributed by atoms with E-state index in [1.165, 1.54) is 28.5 Å². The van der Waals surface area contributed by atoms with Gasteiger partial charge >= 0.3 is 0 Å². The van der Waals surface area contributed by atoms with E-state index in [4.69, 9.17) is 0 Å². The van der Waals surface area contributed by atoms with Crippen LogP contribution in [0.5, 0.6) is 0 Å². The number of imidazole rings is 1. The smallest absolute Gasteiger partial charge is 0.281 e. The molecule has 2 rings (SSSR count). The fraction of sp³-hybridized carbons (Fsp3) is 0.389. The molecule has 0 saturated heterocycles. The molecule has 118 valence electrons. The van der Waals surface area contributed by atoms with Gasteiger partial charge in [0.15, 0.2) is 0 Å². The van der Waals surface area contributed by atoms with Crippen LogP contribution in [-0.2, 0) is 14.1 Å². The van der Waals surface area contributed by atoms with Crippen LogP contribution in [-0.4, -0.2) is 23.9 Å². The van der Waals surface area contributed by atoms with Gasteiger partial charge in [-0.25, -0.2) is 9.13 Å². The SMILES string of the molecule is Cc1c(C)[n+](C)c(/C=C/c2ccc(N(C)CCS)cc2)n1C. The maximum Gasteiger partial charge on any atom is 0.281 e. The molecule has 1 heterocycles. The first-order valence-corrected chi connectivity index (χ1v) is 8.21. The maximum absolute atomic E-state index is 4.28. The number of benzene rings is 1. The number of nitrogens with zero attached hydrogens (tertiary/aromatic N) is 3. The molecule has 2 aromatic rings. The Balaban J connectivity index is 2.19. The standard InChI is InChI=1S/C18H25N3S/c1-14-15(2)21(5)18(20(14)4)11-8-16-6-9-17(10-7-16)19(3)12-13-22/h6-11H,12-13H2,1-5H3/p+1. The highest BCUT2D eigenvalue weighted by Gasteiger charge is 2.17. The lowest BCUT2D eigenvalue weighted by molar-refractivity contribution is -0.678. The molecule has 0 saturated carbocycles. The normalized spacial score (nSPS) is 11.4. The topological polar surface area (TPSA) is 12.1 Å². The molecule has 3 nitrogen and oxygen atoms in total. The highest BCUT2D eigenvalue weighted by molar-refractivity contribution is 7.80. The lowest BCUT2D eigenvalue weighted by Crippen LogP contribution is -2.33. The fourth-order valence-corrected chi connectivity index (χ4v) is 2.87. The zero-order valence-corrected chi connectivity index (χ0v) is 15.1. The Kier molecular flexibility index (Phi) is 5.35. The third-order valence-electron chi connectivity index (χ3n) is 4.41. The van der Waals surface area contributed by atoms with E-state index in [9.17, 15) is 0 Å². The quantitative estimate of drug-likeness (QED) is 0.660. The third-order valence-corrected chi connectivity index (χ3v) is 4.61. The van der Waals surface area contributed by atoms with Crippen LogP contribution in [0.3, 0.4) is 0 Å². The van der Waals surface area contributed by atoms with Gasteiger partial charge in [0.2, 0.25) is 0 Å². The third kappa shape index (κ3) is 3.38. The van der Waals surface area contributed by atoms with Crippen LogP contribution in [0.1, 0.15) is 22.8 Å². The summed E-state index contributed by atoms with van der Waals surface area (Å²) in [5.41, 5.74) is 5.03. The Morgan fingerprint density at radius 1 is 1.18 bits per heavy atom. The number of aromatic nitrogens is 2. The van der Waals surface area contributed by atoms with Gasteiger partial charge in [-0.05, 0) is 23.8 Å². The van der Waals surface area contributed by atoms with Crippen molar-refractivity contribution in [3.05, 3.63) is 47.0 Å². The summed E-state index contributed by atoms with van der Waals surface area (Å²) >= 11 is 4.28. The van der Waals surface area contributed by atoms with Gasteiger partial charge in [-0.3, -0.25) is 0 Å². The van der Waals surface area contributed by atoms with Gasteiger partial charge in [0.05, 0.1) is 14.1 Å². The van der Waals surface area contributed by atoms with E-state index in [1.54, 1.807) is 0 Å². The molecule has 1 aromatic heterocycles. The van der Waals surface area contributed by atoms with Crippen molar-refractivity contribution in [1.82, 2.24) is 4.57 Å². The van der Waals surface area contributed by atoms with Crippen molar-refractivity contribution in [3.63, 3.8) is 0 Å². The lowest BCUT2D eigenvalue weighted by atomic mass is 10.2. The predicted molar refractivity (Wildman–Crippen MR) is 98.6 cm³/mol. The Bertz CT molecular complexity index is 643. The maximum atomic E-state index is 4.28. The van der Waals surface area contributed by atoms with E-state index < -0.39 is 0 Å². The van der Waals surface area contributed by atoms with Crippen molar-refractivity contribution >= 4 is 30.5 Å². The van der Waals surface area contributed by atoms with Gasteiger partial charge in [0.1, 0.15) is 11.4 Å². The second-order valence-corrected chi connectivity index (χ2v) is 6.16. The minimum absolute atomic E-state index is 0.862.